The van der Waals surface area contributed by atoms with Gasteiger partial charge in [0.15, 0.2) is 5.78 Å². The fourth-order valence-electron chi connectivity index (χ4n) is 3.87. The number of anilines is 3. The summed E-state index contributed by atoms with van der Waals surface area (Å²) in [5, 5.41) is 7.03. The Kier molecular flexibility index (Phi) is 6.44. The van der Waals surface area contributed by atoms with Crippen LogP contribution in [0.3, 0.4) is 0 Å². The van der Waals surface area contributed by atoms with E-state index in [1.165, 1.54) is 12.5 Å². The van der Waals surface area contributed by atoms with Gasteiger partial charge in [-0.05, 0) is 85.1 Å². The van der Waals surface area contributed by atoms with E-state index in [9.17, 15) is 9.59 Å². The quantitative estimate of drug-likeness (QED) is 0.289. The van der Waals surface area contributed by atoms with Gasteiger partial charge in [-0.1, -0.05) is 12.1 Å². The first kappa shape index (κ1) is 22.9. The van der Waals surface area contributed by atoms with E-state index < -0.39 is 0 Å². The van der Waals surface area contributed by atoms with Gasteiger partial charge < -0.3 is 10.6 Å². The van der Waals surface area contributed by atoms with Gasteiger partial charge in [-0.3, -0.25) is 19.6 Å². The number of pyridine rings is 3. The second-order valence-corrected chi connectivity index (χ2v) is 8.39. The van der Waals surface area contributed by atoms with Crippen molar-refractivity contribution in [3.8, 4) is 0 Å². The highest BCUT2D eigenvalue weighted by atomic mass is 16.2. The molecule has 1 amide bonds. The predicted molar refractivity (Wildman–Crippen MR) is 141 cm³/mol. The van der Waals surface area contributed by atoms with Crippen molar-refractivity contribution in [1.29, 1.82) is 0 Å². The number of carbonyl (C=O) groups is 2. The lowest BCUT2D eigenvalue weighted by atomic mass is 10.1. The van der Waals surface area contributed by atoms with Crippen LogP contribution in [0.25, 0.3) is 10.9 Å². The number of Topliss-reactive ketones (excluding diaryl/α,β-unsaturated/α-hetero) is 1. The van der Waals surface area contributed by atoms with Gasteiger partial charge in [0.25, 0.3) is 5.91 Å². The number of rotatable bonds is 7. The average molecular weight is 474 g/mol. The molecule has 0 saturated heterocycles. The second-order valence-electron chi connectivity index (χ2n) is 8.39. The first-order valence-electron chi connectivity index (χ1n) is 11.5. The lowest BCUT2D eigenvalue weighted by Crippen LogP contribution is -2.13. The predicted octanol–water partition coefficient (Wildman–Crippen LogP) is 5.81. The zero-order valence-electron chi connectivity index (χ0n) is 19.6. The van der Waals surface area contributed by atoms with Gasteiger partial charge in [0.1, 0.15) is 5.69 Å². The maximum absolute atomic E-state index is 12.7. The van der Waals surface area contributed by atoms with Gasteiger partial charge >= 0.3 is 0 Å². The Bertz CT molecular complexity index is 1530. The van der Waals surface area contributed by atoms with Crippen LogP contribution in [0, 0.1) is 0 Å². The number of ketones is 1. The number of fused-ring (bicyclic) bond motifs is 1. The monoisotopic (exact) mass is 473 g/mol. The summed E-state index contributed by atoms with van der Waals surface area (Å²) in [5.41, 5.74) is 6.24. The molecule has 2 aromatic carbocycles. The van der Waals surface area contributed by atoms with Gasteiger partial charge in [0.2, 0.25) is 0 Å². The van der Waals surface area contributed by atoms with Gasteiger partial charge in [-0.25, -0.2) is 4.98 Å². The number of carbonyl (C=O) groups excluding carboxylic acids is 2. The van der Waals surface area contributed by atoms with Gasteiger partial charge in [0.05, 0.1) is 17.4 Å². The summed E-state index contributed by atoms with van der Waals surface area (Å²) in [6, 6.07) is 22.4. The van der Waals surface area contributed by atoms with Crippen LogP contribution in [0.2, 0.25) is 0 Å². The van der Waals surface area contributed by atoms with Crippen molar-refractivity contribution in [3.63, 3.8) is 0 Å². The average Bonchev–Trinajstić information content (AvgIpc) is 2.91. The highest BCUT2D eigenvalue weighted by Crippen LogP contribution is 2.26. The number of nitrogens with zero attached hydrogens (tertiary/aromatic N) is 3. The molecule has 36 heavy (non-hydrogen) atoms. The second kappa shape index (κ2) is 10.1. The van der Waals surface area contributed by atoms with Crippen molar-refractivity contribution in [3.05, 3.63) is 120 Å². The first-order chi connectivity index (χ1) is 17.5. The molecule has 0 aliphatic heterocycles. The van der Waals surface area contributed by atoms with Crippen LogP contribution in [-0.4, -0.2) is 26.6 Å². The van der Waals surface area contributed by atoms with Crippen LogP contribution in [0.15, 0.2) is 97.6 Å². The van der Waals surface area contributed by atoms with Crippen LogP contribution in [0.4, 0.5) is 17.1 Å². The maximum atomic E-state index is 12.7. The molecule has 0 unspecified atom stereocenters. The van der Waals surface area contributed by atoms with Gasteiger partial charge in [-0.15, -0.1) is 0 Å². The molecule has 3 heterocycles. The van der Waals surface area contributed by atoms with Crippen molar-refractivity contribution in [2.24, 2.45) is 0 Å². The van der Waals surface area contributed by atoms with E-state index in [2.05, 4.69) is 25.6 Å². The zero-order valence-corrected chi connectivity index (χ0v) is 19.6. The third-order valence-electron chi connectivity index (χ3n) is 5.79. The lowest BCUT2D eigenvalue weighted by Gasteiger charge is -2.11. The summed E-state index contributed by atoms with van der Waals surface area (Å²) in [7, 11) is 0. The van der Waals surface area contributed by atoms with E-state index in [0.717, 1.165) is 28.6 Å². The Hall–Kier alpha value is -4.91. The summed E-state index contributed by atoms with van der Waals surface area (Å²) in [5.74, 6) is -0.295. The fourth-order valence-corrected chi connectivity index (χ4v) is 3.87. The van der Waals surface area contributed by atoms with Crippen LogP contribution in [0.5, 0.6) is 0 Å². The molecule has 0 aliphatic rings. The highest BCUT2D eigenvalue weighted by Gasteiger charge is 2.10. The molecule has 0 bridgehead atoms. The Morgan fingerprint density at radius 1 is 0.778 bits per heavy atom. The summed E-state index contributed by atoms with van der Waals surface area (Å²) in [6.07, 6.45) is 7.67. The molecule has 0 saturated carbocycles. The van der Waals surface area contributed by atoms with E-state index in [-0.39, 0.29) is 11.7 Å². The third kappa shape index (κ3) is 5.26. The highest BCUT2D eigenvalue weighted by molar-refractivity contribution is 6.03. The molecule has 0 spiro atoms. The molecule has 0 fully saturated rings. The molecule has 176 valence electrons. The maximum Gasteiger partial charge on any atom is 0.274 e. The Balaban J connectivity index is 1.25. The van der Waals surface area contributed by atoms with Gasteiger partial charge in [-0.2, -0.15) is 0 Å². The molecule has 7 heteroatoms. The van der Waals surface area contributed by atoms with Gasteiger partial charge in [0, 0.05) is 40.9 Å². The van der Waals surface area contributed by atoms with Crippen molar-refractivity contribution in [2.45, 2.75) is 13.3 Å². The minimum atomic E-state index is -0.288. The SMILES string of the molecule is CC(=O)c1ccc2nccc(Nc3ccc(C(=O)Nc4ccc(Cc5ccncc5)cc4)nc3)c2c1. The smallest absolute Gasteiger partial charge is 0.274 e. The van der Waals surface area contributed by atoms with Crippen molar-refractivity contribution >= 4 is 39.7 Å². The molecule has 7 nitrogen and oxygen atoms in total. The standard InChI is InChI=1S/C29H23N5O2/c1-19(35)22-4-8-26-25(17-22)27(12-15-31-26)33-24-7-9-28(32-18-24)29(36)34-23-5-2-20(3-6-23)16-21-10-13-30-14-11-21/h2-15,17-18H,16H2,1H3,(H,31,33)(H,34,36). The molecular formula is C29H23N5O2. The minimum absolute atomic E-state index is 0.00730. The summed E-state index contributed by atoms with van der Waals surface area (Å²) < 4.78 is 0. The molecular weight excluding hydrogens is 450 g/mol. The van der Waals surface area contributed by atoms with Crippen molar-refractivity contribution in [1.82, 2.24) is 15.0 Å². The Morgan fingerprint density at radius 2 is 1.53 bits per heavy atom. The summed E-state index contributed by atoms with van der Waals surface area (Å²) in [6.45, 7) is 1.54. The van der Waals surface area contributed by atoms with E-state index >= 15 is 0 Å². The fraction of sp³-hybridized carbons (Fsp3) is 0.0690. The third-order valence-corrected chi connectivity index (χ3v) is 5.79. The molecule has 2 N–H and O–H groups in total. The van der Waals surface area contributed by atoms with E-state index in [0.29, 0.717) is 22.6 Å². The number of hydrogen-bond acceptors (Lipinski definition) is 6. The number of benzene rings is 2. The van der Waals surface area contributed by atoms with Crippen LogP contribution in [-0.2, 0) is 6.42 Å². The normalized spacial score (nSPS) is 10.7. The Morgan fingerprint density at radius 3 is 2.25 bits per heavy atom. The van der Waals surface area contributed by atoms with Crippen LogP contribution in [0.1, 0.15) is 38.9 Å². The summed E-state index contributed by atoms with van der Waals surface area (Å²) >= 11 is 0. The summed E-state index contributed by atoms with van der Waals surface area (Å²) in [4.78, 5) is 37.2. The minimum Gasteiger partial charge on any atom is -0.354 e. The molecule has 5 rings (SSSR count). The zero-order chi connectivity index (χ0) is 24.9. The largest absolute Gasteiger partial charge is 0.354 e. The molecule has 0 radical (unpaired) electrons. The molecule has 3 aromatic heterocycles. The van der Waals surface area contributed by atoms with Crippen LogP contribution < -0.4 is 10.6 Å². The molecule has 5 aromatic rings. The lowest BCUT2D eigenvalue weighted by molar-refractivity contribution is 0.101. The topological polar surface area (TPSA) is 96.9 Å². The van der Waals surface area contributed by atoms with E-state index in [4.69, 9.17) is 0 Å². The van der Waals surface area contributed by atoms with Crippen LogP contribution >= 0.6 is 0 Å². The van der Waals surface area contributed by atoms with E-state index in [1.807, 2.05) is 54.6 Å². The van der Waals surface area contributed by atoms with E-state index in [1.54, 1.807) is 43.0 Å². The number of amides is 1. The number of nitrogens with one attached hydrogen (secondary N) is 2. The Labute approximate surface area is 208 Å². The van der Waals surface area contributed by atoms with Crippen molar-refractivity contribution in [2.75, 3.05) is 10.6 Å². The van der Waals surface area contributed by atoms with Crippen molar-refractivity contribution < 1.29 is 9.59 Å². The number of aromatic nitrogens is 3. The number of hydrogen-bond donors (Lipinski definition) is 2. The molecule has 0 aliphatic carbocycles. The first-order valence-corrected chi connectivity index (χ1v) is 11.5. The molecule has 0 atom stereocenters.